The minimum Gasteiger partial charge on any atom is -0.466 e. The average molecular weight is 312 g/mol. The van der Waals surface area contributed by atoms with E-state index < -0.39 is 0 Å². The second-order valence-corrected chi connectivity index (χ2v) is 5.72. The summed E-state index contributed by atoms with van der Waals surface area (Å²) in [7, 11) is 0. The van der Waals surface area contributed by atoms with Gasteiger partial charge in [0.1, 0.15) is 0 Å². The van der Waals surface area contributed by atoms with E-state index in [9.17, 15) is 9.59 Å². The lowest BCUT2D eigenvalue weighted by Gasteiger charge is -2.31. The zero-order chi connectivity index (χ0) is 16.2. The SMILES string of the molecule is CCOC(=O)C1CCCN(C(=O)c2cccc3cccnc23)C1. The fourth-order valence-electron chi connectivity index (χ4n) is 3.06. The highest BCUT2D eigenvalue weighted by Crippen LogP contribution is 2.23. The maximum absolute atomic E-state index is 12.9. The van der Waals surface area contributed by atoms with Crippen LogP contribution in [0, 0.1) is 5.92 Å². The fraction of sp³-hybridized carbons (Fsp3) is 0.389. The first kappa shape index (κ1) is 15.5. The number of benzene rings is 1. The number of esters is 1. The van der Waals surface area contributed by atoms with E-state index in [-0.39, 0.29) is 17.8 Å². The molecule has 1 aromatic heterocycles. The Bertz CT molecular complexity index is 724. The summed E-state index contributed by atoms with van der Waals surface area (Å²) in [6, 6.07) is 9.40. The molecule has 120 valence electrons. The summed E-state index contributed by atoms with van der Waals surface area (Å²) in [5.41, 5.74) is 1.30. The van der Waals surface area contributed by atoms with Gasteiger partial charge in [0.05, 0.1) is 23.6 Å². The third kappa shape index (κ3) is 3.18. The Morgan fingerprint density at radius 3 is 2.96 bits per heavy atom. The fourth-order valence-corrected chi connectivity index (χ4v) is 3.06. The number of likely N-dealkylation sites (tertiary alicyclic amines) is 1. The molecular formula is C18H20N2O3. The molecule has 2 heterocycles. The largest absolute Gasteiger partial charge is 0.466 e. The van der Waals surface area contributed by atoms with Crippen LogP contribution in [0.4, 0.5) is 0 Å². The number of aromatic nitrogens is 1. The summed E-state index contributed by atoms with van der Waals surface area (Å²) >= 11 is 0. The van der Waals surface area contributed by atoms with Crippen molar-refractivity contribution in [3.05, 3.63) is 42.1 Å². The number of ether oxygens (including phenoxy) is 1. The molecule has 3 rings (SSSR count). The van der Waals surface area contributed by atoms with Gasteiger partial charge in [-0.2, -0.15) is 0 Å². The van der Waals surface area contributed by atoms with Gasteiger partial charge in [0, 0.05) is 24.7 Å². The number of fused-ring (bicyclic) bond motifs is 1. The van der Waals surface area contributed by atoms with E-state index >= 15 is 0 Å². The number of nitrogens with zero attached hydrogens (tertiary/aromatic N) is 2. The van der Waals surface area contributed by atoms with Crippen molar-refractivity contribution < 1.29 is 14.3 Å². The van der Waals surface area contributed by atoms with Gasteiger partial charge in [-0.3, -0.25) is 14.6 Å². The van der Waals surface area contributed by atoms with Gasteiger partial charge in [0.2, 0.25) is 0 Å². The maximum Gasteiger partial charge on any atom is 0.310 e. The van der Waals surface area contributed by atoms with Gasteiger partial charge in [-0.25, -0.2) is 0 Å². The molecule has 1 saturated heterocycles. The summed E-state index contributed by atoms with van der Waals surface area (Å²) in [6.45, 7) is 3.25. The third-order valence-electron chi connectivity index (χ3n) is 4.19. The number of pyridine rings is 1. The number of amides is 1. The van der Waals surface area contributed by atoms with Crippen molar-refractivity contribution >= 4 is 22.8 Å². The van der Waals surface area contributed by atoms with Crippen molar-refractivity contribution in [1.29, 1.82) is 0 Å². The lowest BCUT2D eigenvalue weighted by Crippen LogP contribution is -2.42. The van der Waals surface area contributed by atoms with E-state index in [1.165, 1.54) is 0 Å². The standard InChI is InChI=1S/C18H20N2O3/c1-2-23-18(22)14-8-5-11-20(12-14)17(21)15-9-3-6-13-7-4-10-19-16(13)15/h3-4,6-7,9-10,14H,2,5,8,11-12H2,1H3. The monoisotopic (exact) mass is 312 g/mol. The molecule has 0 N–H and O–H groups in total. The molecule has 1 unspecified atom stereocenters. The average Bonchev–Trinajstić information content (AvgIpc) is 2.61. The van der Waals surface area contributed by atoms with Crippen molar-refractivity contribution in [2.75, 3.05) is 19.7 Å². The number of carbonyl (C=O) groups is 2. The van der Waals surface area contributed by atoms with E-state index in [0.717, 1.165) is 18.2 Å². The highest BCUT2D eigenvalue weighted by atomic mass is 16.5. The maximum atomic E-state index is 12.9. The molecule has 0 bridgehead atoms. The molecule has 2 aromatic rings. The van der Waals surface area contributed by atoms with Gasteiger partial charge >= 0.3 is 5.97 Å². The summed E-state index contributed by atoms with van der Waals surface area (Å²) in [6.07, 6.45) is 3.28. The Balaban J connectivity index is 1.83. The molecule has 0 aliphatic carbocycles. The van der Waals surface area contributed by atoms with Crippen molar-refractivity contribution in [3.63, 3.8) is 0 Å². The second-order valence-electron chi connectivity index (χ2n) is 5.72. The second kappa shape index (κ2) is 6.77. The molecule has 1 fully saturated rings. The first-order valence-electron chi connectivity index (χ1n) is 8.00. The van der Waals surface area contributed by atoms with Crippen LogP contribution >= 0.6 is 0 Å². The van der Waals surface area contributed by atoms with Gasteiger partial charge in [-0.15, -0.1) is 0 Å². The summed E-state index contributed by atoms with van der Waals surface area (Å²) in [4.78, 5) is 30.9. The predicted molar refractivity (Wildman–Crippen MR) is 87.0 cm³/mol. The molecule has 23 heavy (non-hydrogen) atoms. The number of carbonyl (C=O) groups excluding carboxylic acids is 2. The molecule has 5 heteroatoms. The number of rotatable bonds is 3. The smallest absolute Gasteiger partial charge is 0.310 e. The van der Waals surface area contributed by atoms with Gasteiger partial charge in [0.25, 0.3) is 5.91 Å². The first-order chi connectivity index (χ1) is 11.2. The van der Waals surface area contributed by atoms with Crippen LogP contribution in [0.2, 0.25) is 0 Å². The van der Waals surface area contributed by atoms with E-state index in [1.54, 1.807) is 24.1 Å². The Hall–Kier alpha value is -2.43. The molecule has 1 aromatic carbocycles. The van der Waals surface area contributed by atoms with Crippen LogP contribution in [0.3, 0.4) is 0 Å². The molecular weight excluding hydrogens is 292 g/mol. The van der Waals surface area contributed by atoms with Gasteiger partial charge in [0.15, 0.2) is 0 Å². The topological polar surface area (TPSA) is 59.5 Å². The predicted octanol–water partition coefficient (Wildman–Crippen LogP) is 2.65. The normalized spacial score (nSPS) is 18.0. The molecule has 1 amide bonds. The van der Waals surface area contributed by atoms with E-state index in [0.29, 0.717) is 30.8 Å². The Labute approximate surface area is 135 Å². The van der Waals surface area contributed by atoms with Crippen molar-refractivity contribution in [3.8, 4) is 0 Å². The molecule has 1 aliphatic heterocycles. The zero-order valence-corrected chi connectivity index (χ0v) is 13.2. The van der Waals surface area contributed by atoms with Crippen LogP contribution in [0.25, 0.3) is 10.9 Å². The Morgan fingerprint density at radius 2 is 2.13 bits per heavy atom. The van der Waals surface area contributed by atoms with E-state index in [4.69, 9.17) is 4.74 Å². The highest BCUT2D eigenvalue weighted by molar-refractivity contribution is 6.05. The third-order valence-corrected chi connectivity index (χ3v) is 4.19. The van der Waals surface area contributed by atoms with Crippen LogP contribution in [0.15, 0.2) is 36.5 Å². The van der Waals surface area contributed by atoms with E-state index in [1.807, 2.05) is 24.3 Å². The van der Waals surface area contributed by atoms with Gasteiger partial charge < -0.3 is 9.64 Å². The zero-order valence-electron chi connectivity index (χ0n) is 13.2. The molecule has 0 radical (unpaired) electrons. The first-order valence-corrected chi connectivity index (χ1v) is 8.00. The van der Waals surface area contributed by atoms with Gasteiger partial charge in [-0.1, -0.05) is 18.2 Å². The minimum atomic E-state index is -0.226. The Morgan fingerprint density at radius 1 is 1.30 bits per heavy atom. The number of hydrogen-bond acceptors (Lipinski definition) is 4. The quantitative estimate of drug-likeness (QED) is 0.818. The van der Waals surface area contributed by atoms with Gasteiger partial charge in [-0.05, 0) is 31.9 Å². The minimum absolute atomic E-state index is 0.0664. The van der Waals surface area contributed by atoms with E-state index in [2.05, 4.69) is 4.98 Å². The van der Waals surface area contributed by atoms with Crippen LogP contribution < -0.4 is 0 Å². The van der Waals surface area contributed by atoms with Crippen molar-refractivity contribution in [2.45, 2.75) is 19.8 Å². The summed E-state index contributed by atoms with van der Waals surface area (Å²) in [5.74, 6) is -0.500. The van der Waals surface area contributed by atoms with Crippen LogP contribution in [-0.4, -0.2) is 41.5 Å². The number of hydrogen-bond donors (Lipinski definition) is 0. The van der Waals surface area contributed by atoms with Crippen LogP contribution in [0.1, 0.15) is 30.1 Å². The van der Waals surface area contributed by atoms with Crippen molar-refractivity contribution in [1.82, 2.24) is 9.88 Å². The molecule has 1 aliphatic rings. The van der Waals surface area contributed by atoms with Crippen molar-refractivity contribution in [2.24, 2.45) is 5.92 Å². The lowest BCUT2D eigenvalue weighted by molar-refractivity contribution is -0.149. The molecule has 1 atom stereocenters. The number of piperidine rings is 1. The lowest BCUT2D eigenvalue weighted by atomic mass is 9.97. The molecule has 5 nitrogen and oxygen atoms in total. The summed E-state index contributed by atoms with van der Waals surface area (Å²) < 4.78 is 5.10. The molecule has 0 saturated carbocycles. The molecule has 0 spiro atoms. The van der Waals surface area contributed by atoms with Crippen LogP contribution in [0.5, 0.6) is 0 Å². The number of para-hydroxylation sites is 1. The highest BCUT2D eigenvalue weighted by Gasteiger charge is 2.30. The summed E-state index contributed by atoms with van der Waals surface area (Å²) in [5, 5.41) is 0.942. The van der Waals surface area contributed by atoms with Crippen LogP contribution in [-0.2, 0) is 9.53 Å². The Kier molecular flexibility index (Phi) is 4.55.